The Bertz CT molecular complexity index is 591. The molecule has 0 radical (unpaired) electrons. The lowest BCUT2D eigenvalue weighted by Crippen LogP contribution is -2.27. The molecule has 2 rings (SSSR count). The van der Waals surface area contributed by atoms with E-state index in [2.05, 4.69) is 22.1 Å². The van der Waals surface area contributed by atoms with E-state index in [1.807, 2.05) is 31.2 Å². The molecule has 106 valence electrons. The lowest BCUT2D eigenvalue weighted by molar-refractivity contribution is 0.0773. The number of aromatic nitrogens is 3. The molecule has 1 N–H and O–H groups in total. The van der Waals surface area contributed by atoms with E-state index >= 15 is 0 Å². The number of benzene rings is 1. The van der Waals surface area contributed by atoms with Crippen molar-refractivity contribution in [2.45, 2.75) is 33.2 Å². The van der Waals surface area contributed by atoms with Crippen molar-refractivity contribution in [1.29, 1.82) is 0 Å². The third-order valence-electron chi connectivity index (χ3n) is 3.23. The number of nitrogens with zero attached hydrogens (tertiary/aromatic N) is 3. The number of aryl methyl sites for hydroxylation is 2. The van der Waals surface area contributed by atoms with Gasteiger partial charge in [0.05, 0.1) is 0 Å². The van der Waals surface area contributed by atoms with Gasteiger partial charge in [-0.25, -0.2) is 4.98 Å². The summed E-state index contributed by atoms with van der Waals surface area (Å²) in [6.45, 7) is 4.66. The van der Waals surface area contributed by atoms with Crippen LogP contribution in [0.15, 0.2) is 24.3 Å². The van der Waals surface area contributed by atoms with Crippen LogP contribution in [0.2, 0.25) is 0 Å². The van der Waals surface area contributed by atoms with Gasteiger partial charge in [0.25, 0.3) is 5.91 Å². The zero-order chi connectivity index (χ0) is 14.5. The van der Waals surface area contributed by atoms with Crippen molar-refractivity contribution in [3.05, 3.63) is 47.0 Å². The number of nitrogens with one attached hydrogen (secondary N) is 1. The zero-order valence-corrected chi connectivity index (χ0v) is 12.2. The molecule has 5 heteroatoms. The van der Waals surface area contributed by atoms with Crippen molar-refractivity contribution in [2.75, 3.05) is 7.05 Å². The number of hydrogen-bond acceptors (Lipinski definition) is 3. The third kappa shape index (κ3) is 3.23. The molecule has 0 bridgehead atoms. The van der Waals surface area contributed by atoms with Gasteiger partial charge in [0.15, 0.2) is 0 Å². The number of rotatable bonds is 5. The number of aromatic amines is 1. The van der Waals surface area contributed by atoms with E-state index in [-0.39, 0.29) is 11.7 Å². The first-order valence-corrected chi connectivity index (χ1v) is 6.83. The molecule has 0 spiro atoms. The molecular weight excluding hydrogens is 252 g/mol. The molecule has 1 aromatic carbocycles. The molecule has 0 aliphatic heterocycles. The minimum atomic E-state index is -0.160. The average molecular weight is 272 g/mol. The molecule has 20 heavy (non-hydrogen) atoms. The number of H-pyrrole nitrogens is 1. The molecule has 1 amide bonds. The fraction of sp³-hybridized carbons (Fsp3) is 0.400. The highest BCUT2D eigenvalue weighted by atomic mass is 16.2. The molecule has 0 atom stereocenters. The van der Waals surface area contributed by atoms with Gasteiger partial charge in [0, 0.05) is 20.0 Å². The van der Waals surface area contributed by atoms with Crippen LogP contribution in [0, 0.1) is 6.92 Å². The van der Waals surface area contributed by atoms with E-state index in [0.717, 1.165) is 24.2 Å². The lowest BCUT2D eigenvalue weighted by Gasteiger charge is -2.16. The van der Waals surface area contributed by atoms with Crippen LogP contribution in [0.25, 0.3) is 0 Å². The highest BCUT2D eigenvalue weighted by Crippen LogP contribution is 2.11. The number of hydrogen-bond donors (Lipinski definition) is 1. The fourth-order valence-corrected chi connectivity index (χ4v) is 2.03. The van der Waals surface area contributed by atoms with Gasteiger partial charge >= 0.3 is 0 Å². The summed E-state index contributed by atoms with van der Waals surface area (Å²) in [6.07, 6.45) is 1.78. The largest absolute Gasteiger partial charge is 0.335 e. The Labute approximate surface area is 119 Å². The Hall–Kier alpha value is -2.17. The molecule has 0 aliphatic carbocycles. The van der Waals surface area contributed by atoms with E-state index in [9.17, 15) is 4.79 Å². The number of carbonyl (C=O) groups excluding carboxylic acids is 1. The van der Waals surface area contributed by atoms with Crippen LogP contribution in [0.1, 0.15) is 40.9 Å². The molecule has 5 nitrogen and oxygen atoms in total. The minimum absolute atomic E-state index is 0.160. The molecular formula is C15H20N4O. The second kappa shape index (κ2) is 6.32. The van der Waals surface area contributed by atoms with Crippen molar-refractivity contribution >= 4 is 5.91 Å². The van der Waals surface area contributed by atoms with Crippen molar-refractivity contribution in [2.24, 2.45) is 0 Å². The van der Waals surface area contributed by atoms with Crippen LogP contribution < -0.4 is 0 Å². The molecule has 0 saturated carbocycles. The Balaban J connectivity index is 2.06. The quantitative estimate of drug-likeness (QED) is 0.908. The SMILES string of the molecule is CCCc1nc(C(=O)N(C)Cc2ccccc2C)n[nH]1. The van der Waals surface area contributed by atoms with Crippen LogP contribution in [0.5, 0.6) is 0 Å². The summed E-state index contributed by atoms with van der Waals surface area (Å²) < 4.78 is 0. The monoisotopic (exact) mass is 272 g/mol. The standard InChI is InChI=1S/C15H20N4O/c1-4-7-13-16-14(18-17-13)15(20)19(3)10-12-9-6-5-8-11(12)2/h5-6,8-9H,4,7,10H2,1-3H3,(H,16,17,18). The van der Waals surface area contributed by atoms with Gasteiger partial charge in [-0.15, -0.1) is 5.10 Å². The molecule has 2 aromatic rings. The molecule has 0 saturated heterocycles. The maximum Gasteiger partial charge on any atom is 0.293 e. The van der Waals surface area contributed by atoms with Crippen LogP contribution >= 0.6 is 0 Å². The zero-order valence-electron chi connectivity index (χ0n) is 12.2. The molecule has 1 heterocycles. The van der Waals surface area contributed by atoms with Gasteiger partial charge in [0.1, 0.15) is 5.82 Å². The van der Waals surface area contributed by atoms with Gasteiger partial charge in [-0.3, -0.25) is 9.89 Å². The smallest absolute Gasteiger partial charge is 0.293 e. The molecule has 1 aromatic heterocycles. The van der Waals surface area contributed by atoms with Gasteiger partial charge in [-0.1, -0.05) is 31.2 Å². The summed E-state index contributed by atoms with van der Waals surface area (Å²) in [5.74, 6) is 0.844. The van der Waals surface area contributed by atoms with Gasteiger partial charge < -0.3 is 4.90 Å². The first-order valence-electron chi connectivity index (χ1n) is 6.83. The summed E-state index contributed by atoms with van der Waals surface area (Å²) in [7, 11) is 1.77. The van der Waals surface area contributed by atoms with E-state index in [1.165, 1.54) is 5.56 Å². The fourth-order valence-electron chi connectivity index (χ4n) is 2.03. The Morgan fingerprint density at radius 2 is 2.10 bits per heavy atom. The van der Waals surface area contributed by atoms with Crippen LogP contribution in [0.4, 0.5) is 0 Å². The topological polar surface area (TPSA) is 61.9 Å². The van der Waals surface area contributed by atoms with Crippen LogP contribution in [-0.2, 0) is 13.0 Å². The van der Waals surface area contributed by atoms with Crippen molar-refractivity contribution in [3.8, 4) is 0 Å². The number of amides is 1. The maximum atomic E-state index is 12.3. The summed E-state index contributed by atoms with van der Waals surface area (Å²) in [5.41, 5.74) is 2.31. The Morgan fingerprint density at radius 1 is 1.35 bits per heavy atom. The van der Waals surface area contributed by atoms with Gasteiger partial charge in [0.2, 0.25) is 5.82 Å². The highest BCUT2D eigenvalue weighted by molar-refractivity contribution is 5.90. The lowest BCUT2D eigenvalue weighted by atomic mass is 10.1. The first-order chi connectivity index (χ1) is 9.61. The van der Waals surface area contributed by atoms with E-state index < -0.39 is 0 Å². The molecule has 0 unspecified atom stereocenters. The van der Waals surface area contributed by atoms with E-state index in [0.29, 0.717) is 6.54 Å². The Kier molecular flexibility index (Phi) is 4.50. The van der Waals surface area contributed by atoms with Crippen molar-refractivity contribution in [3.63, 3.8) is 0 Å². The summed E-state index contributed by atoms with van der Waals surface area (Å²) >= 11 is 0. The van der Waals surface area contributed by atoms with Crippen LogP contribution in [0.3, 0.4) is 0 Å². The molecule has 0 aliphatic rings. The number of carbonyl (C=O) groups is 1. The van der Waals surface area contributed by atoms with E-state index in [1.54, 1.807) is 11.9 Å². The first kappa shape index (κ1) is 14.2. The minimum Gasteiger partial charge on any atom is -0.335 e. The molecule has 0 fully saturated rings. The summed E-state index contributed by atoms with van der Waals surface area (Å²) in [4.78, 5) is 18.1. The maximum absolute atomic E-state index is 12.3. The van der Waals surface area contributed by atoms with Crippen molar-refractivity contribution in [1.82, 2.24) is 20.1 Å². The second-order valence-electron chi connectivity index (χ2n) is 4.94. The summed E-state index contributed by atoms with van der Waals surface area (Å²) in [6, 6.07) is 8.04. The van der Waals surface area contributed by atoms with Crippen LogP contribution in [-0.4, -0.2) is 33.0 Å². The van der Waals surface area contributed by atoms with Gasteiger partial charge in [-0.05, 0) is 24.5 Å². The third-order valence-corrected chi connectivity index (χ3v) is 3.23. The van der Waals surface area contributed by atoms with Crippen molar-refractivity contribution < 1.29 is 4.79 Å². The average Bonchev–Trinajstić information content (AvgIpc) is 2.89. The summed E-state index contributed by atoms with van der Waals surface area (Å²) in [5, 5.41) is 6.80. The second-order valence-corrected chi connectivity index (χ2v) is 4.94. The predicted molar refractivity (Wildman–Crippen MR) is 77.4 cm³/mol. The highest BCUT2D eigenvalue weighted by Gasteiger charge is 2.17. The van der Waals surface area contributed by atoms with E-state index in [4.69, 9.17) is 0 Å². The predicted octanol–water partition coefficient (Wildman–Crippen LogP) is 2.34. The van der Waals surface area contributed by atoms with Gasteiger partial charge in [-0.2, -0.15) is 0 Å². The Morgan fingerprint density at radius 3 is 2.80 bits per heavy atom. The normalized spacial score (nSPS) is 10.6.